The zero-order chi connectivity index (χ0) is 13.2. The summed E-state index contributed by atoms with van der Waals surface area (Å²) in [6, 6.07) is 3.12. The Kier molecular flexibility index (Phi) is 4.57. The molecule has 17 heavy (non-hydrogen) atoms. The van der Waals surface area contributed by atoms with Gasteiger partial charge in [-0.1, -0.05) is 0 Å². The Morgan fingerprint density at radius 1 is 1.29 bits per heavy atom. The van der Waals surface area contributed by atoms with Crippen LogP contribution in [-0.2, 0) is 4.74 Å². The van der Waals surface area contributed by atoms with E-state index in [0.29, 0.717) is 0 Å². The van der Waals surface area contributed by atoms with Crippen LogP contribution in [0.3, 0.4) is 0 Å². The first-order chi connectivity index (χ1) is 7.71. The molecule has 0 aliphatic heterocycles. The molecule has 0 saturated heterocycles. The molecule has 0 spiro atoms. The van der Waals surface area contributed by atoms with Crippen LogP contribution in [0.4, 0.5) is 13.2 Å². The van der Waals surface area contributed by atoms with Crippen molar-refractivity contribution in [3.05, 3.63) is 21.9 Å². The molecule has 3 unspecified atom stereocenters. The zero-order valence-corrected chi connectivity index (χ0v) is 10.7. The number of alkyl halides is 3. The van der Waals surface area contributed by atoms with Crippen molar-refractivity contribution in [1.82, 2.24) is 0 Å². The predicted molar refractivity (Wildman–Crippen MR) is 62.0 cm³/mol. The lowest BCUT2D eigenvalue weighted by molar-refractivity contribution is -0.229. The maximum absolute atomic E-state index is 12.4. The lowest BCUT2D eigenvalue weighted by atomic mass is 10.1. The predicted octanol–water partition coefficient (Wildman–Crippen LogP) is 3.41. The molecule has 3 atom stereocenters. The molecule has 0 bridgehead atoms. The van der Waals surface area contributed by atoms with Crippen molar-refractivity contribution in [2.24, 2.45) is 5.73 Å². The fraction of sp³-hybridized carbons (Fsp3) is 0.636. The Morgan fingerprint density at radius 2 is 1.88 bits per heavy atom. The molecule has 1 aromatic heterocycles. The van der Waals surface area contributed by atoms with Crippen molar-refractivity contribution in [3.8, 4) is 0 Å². The minimum absolute atomic E-state index is 0.488. The largest absolute Gasteiger partial charge is 0.414 e. The quantitative estimate of drug-likeness (QED) is 0.907. The van der Waals surface area contributed by atoms with Crippen LogP contribution in [0.5, 0.6) is 0 Å². The van der Waals surface area contributed by atoms with Crippen LogP contribution in [0.1, 0.15) is 29.7 Å². The van der Waals surface area contributed by atoms with E-state index < -0.39 is 24.4 Å². The topological polar surface area (TPSA) is 35.2 Å². The van der Waals surface area contributed by atoms with E-state index in [0.717, 1.165) is 16.7 Å². The Morgan fingerprint density at radius 3 is 2.24 bits per heavy atom. The smallest absolute Gasteiger partial charge is 0.359 e. The van der Waals surface area contributed by atoms with Gasteiger partial charge >= 0.3 is 6.18 Å². The summed E-state index contributed by atoms with van der Waals surface area (Å²) in [5, 5.41) is 0. The minimum Gasteiger partial charge on any atom is -0.359 e. The number of hydrogen-bond donors (Lipinski definition) is 1. The maximum Gasteiger partial charge on any atom is 0.414 e. The molecule has 0 aromatic carbocycles. The van der Waals surface area contributed by atoms with Gasteiger partial charge in [0.2, 0.25) is 0 Å². The second kappa shape index (κ2) is 5.37. The standard InChI is InChI=1S/C11H16F3NOS/c1-6-4-5-9(17-6)10(7(2)15)16-8(3)11(12,13)14/h4-5,7-8,10H,15H2,1-3H3. The van der Waals surface area contributed by atoms with Gasteiger partial charge < -0.3 is 10.5 Å². The van der Waals surface area contributed by atoms with Gasteiger partial charge in [-0.25, -0.2) is 0 Å². The number of nitrogens with two attached hydrogens (primary N) is 1. The monoisotopic (exact) mass is 267 g/mol. The molecule has 2 nitrogen and oxygen atoms in total. The first-order valence-corrected chi connectivity index (χ1v) is 6.07. The van der Waals surface area contributed by atoms with Gasteiger partial charge in [0.05, 0.1) is 0 Å². The fourth-order valence-corrected chi connectivity index (χ4v) is 2.38. The van der Waals surface area contributed by atoms with Crippen molar-refractivity contribution < 1.29 is 17.9 Å². The molecule has 0 aliphatic rings. The number of aryl methyl sites for hydroxylation is 1. The molecule has 0 saturated carbocycles. The number of thiophene rings is 1. The molecular formula is C11H16F3NOS. The second-order valence-corrected chi connectivity index (χ2v) is 5.37. The van der Waals surface area contributed by atoms with Crippen molar-refractivity contribution in [1.29, 1.82) is 0 Å². The number of hydrogen-bond acceptors (Lipinski definition) is 3. The SMILES string of the molecule is Cc1ccc(C(OC(C)C(F)(F)F)C(C)N)s1. The molecule has 0 aliphatic carbocycles. The van der Waals surface area contributed by atoms with E-state index in [9.17, 15) is 13.2 Å². The molecule has 0 radical (unpaired) electrons. The van der Waals surface area contributed by atoms with E-state index in [1.807, 2.05) is 13.0 Å². The molecule has 2 N–H and O–H groups in total. The van der Waals surface area contributed by atoms with Gasteiger partial charge in [0.1, 0.15) is 6.10 Å². The van der Waals surface area contributed by atoms with Crippen LogP contribution in [0.15, 0.2) is 12.1 Å². The van der Waals surface area contributed by atoms with Gasteiger partial charge in [0.15, 0.2) is 6.10 Å². The maximum atomic E-state index is 12.4. The van der Waals surface area contributed by atoms with Gasteiger partial charge in [0, 0.05) is 15.8 Å². The third-order valence-corrected chi connectivity index (χ3v) is 3.39. The normalized spacial score (nSPS) is 17.8. The molecule has 1 rings (SSSR count). The molecule has 98 valence electrons. The lowest BCUT2D eigenvalue weighted by Crippen LogP contribution is -2.35. The van der Waals surface area contributed by atoms with Gasteiger partial charge in [0.25, 0.3) is 0 Å². The van der Waals surface area contributed by atoms with Crippen LogP contribution in [-0.4, -0.2) is 18.3 Å². The van der Waals surface area contributed by atoms with E-state index in [1.165, 1.54) is 11.3 Å². The summed E-state index contributed by atoms with van der Waals surface area (Å²) in [5.41, 5.74) is 5.68. The van der Waals surface area contributed by atoms with Gasteiger partial charge in [-0.15, -0.1) is 11.3 Å². The van der Waals surface area contributed by atoms with Gasteiger partial charge in [-0.05, 0) is 32.9 Å². The molecule has 0 fully saturated rings. The highest BCUT2D eigenvalue weighted by molar-refractivity contribution is 7.12. The zero-order valence-electron chi connectivity index (χ0n) is 9.91. The Bertz CT molecular complexity index is 362. The fourth-order valence-electron chi connectivity index (χ4n) is 1.35. The first kappa shape index (κ1) is 14.5. The lowest BCUT2D eigenvalue weighted by Gasteiger charge is -2.25. The van der Waals surface area contributed by atoms with E-state index in [1.54, 1.807) is 13.0 Å². The summed E-state index contributed by atoms with van der Waals surface area (Å²) in [4.78, 5) is 1.75. The number of rotatable bonds is 4. The average molecular weight is 267 g/mol. The van der Waals surface area contributed by atoms with E-state index >= 15 is 0 Å². The summed E-state index contributed by atoms with van der Waals surface area (Å²) >= 11 is 1.40. The van der Waals surface area contributed by atoms with Crippen LogP contribution < -0.4 is 5.73 Å². The van der Waals surface area contributed by atoms with Crippen LogP contribution in [0.2, 0.25) is 0 Å². The highest BCUT2D eigenvalue weighted by atomic mass is 32.1. The minimum atomic E-state index is -4.36. The Labute approximate surface area is 103 Å². The van der Waals surface area contributed by atoms with Gasteiger partial charge in [-0.3, -0.25) is 0 Å². The summed E-state index contributed by atoms with van der Waals surface area (Å²) in [6.07, 6.45) is -6.90. The highest BCUT2D eigenvalue weighted by Crippen LogP contribution is 2.32. The summed E-state index contributed by atoms with van der Waals surface area (Å²) < 4.78 is 42.3. The second-order valence-electron chi connectivity index (χ2n) is 4.05. The average Bonchev–Trinajstić information content (AvgIpc) is 2.58. The summed E-state index contributed by atoms with van der Waals surface area (Å²) in [6.45, 7) is 4.53. The number of halogens is 3. The van der Waals surface area contributed by atoms with Crippen molar-refractivity contribution in [2.75, 3.05) is 0 Å². The van der Waals surface area contributed by atoms with Crippen molar-refractivity contribution in [2.45, 2.75) is 45.2 Å². The van der Waals surface area contributed by atoms with Crippen LogP contribution in [0, 0.1) is 6.92 Å². The van der Waals surface area contributed by atoms with Crippen LogP contribution >= 0.6 is 11.3 Å². The molecule has 1 aromatic rings. The Hall–Kier alpha value is -0.590. The third kappa shape index (κ3) is 3.97. The van der Waals surface area contributed by atoms with Crippen molar-refractivity contribution >= 4 is 11.3 Å². The highest BCUT2D eigenvalue weighted by Gasteiger charge is 2.39. The van der Waals surface area contributed by atoms with E-state index in [-0.39, 0.29) is 0 Å². The Balaban J connectivity index is 2.81. The van der Waals surface area contributed by atoms with E-state index in [2.05, 4.69) is 0 Å². The van der Waals surface area contributed by atoms with Crippen molar-refractivity contribution in [3.63, 3.8) is 0 Å². The van der Waals surface area contributed by atoms with Crippen LogP contribution in [0.25, 0.3) is 0 Å². The molecule has 0 amide bonds. The number of ether oxygens (including phenoxy) is 1. The third-order valence-electron chi connectivity index (χ3n) is 2.33. The summed E-state index contributed by atoms with van der Waals surface area (Å²) in [7, 11) is 0. The first-order valence-electron chi connectivity index (χ1n) is 5.26. The van der Waals surface area contributed by atoms with E-state index in [4.69, 9.17) is 10.5 Å². The van der Waals surface area contributed by atoms with Gasteiger partial charge in [-0.2, -0.15) is 13.2 Å². The molecule has 1 heterocycles. The molecule has 6 heteroatoms. The summed E-state index contributed by atoms with van der Waals surface area (Å²) in [5.74, 6) is 0. The molecular weight excluding hydrogens is 251 g/mol.